The highest BCUT2D eigenvalue weighted by Gasteiger charge is 2.52. The van der Waals surface area contributed by atoms with E-state index in [2.05, 4.69) is 15.9 Å². The highest BCUT2D eigenvalue weighted by Crippen LogP contribution is 2.48. The average molecular weight is 433 g/mol. The maximum Gasteiger partial charge on any atom is 0.322 e. The Hall–Kier alpha value is 0.200. The summed E-state index contributed by atoms with van der Waals surface area (Å²) >= 11 is 11.5. The van der Waals surface area contributed by atoms with Crippen LogP contribution in [0.25, 0.3) is 0 Å². The molecule has 2 atom stereocenters. The second-order valence-electron chi connectivity index (χ2n) is 4.94. The van der Waals surface area contributed by atoms with Crippen molar-refractivity contribution in [2.24, 2.45) is 5.92 Å². The second-order valence-corrected chi connectivity index (χ2v) is 10.9. The molecule has 10 heteroatoms. The summed E-state index contributed by atoms with van der Waals surface area (Å²) in [6.45, 7) is 0. The van der Waals surface area contributed by atoms with Gasteiger partial charge in [0.05, 0.1) is 14.2 Å². The molecule has 1 aromatic heterocycles. The first-order valence-electron chi connectivity index (χ1n) is 6.15. The van der Waals surface area contributed by atoms with E-state index in [4.69, 9.17) is 11.6 Å². The summed E-state index contributed by atoms with van der Waals surface area (Å²) in [6.07, 6.45) is 1.90. The molecule has 5 nitrogen and oxygen atoms in total. The maximum absolute atomic E-state index is 12.8. The standard InChI is InChI=1S/C11H11BrClNO4S3/c12-9-6(13)3-8(20-9)21(17,18)14-7(11(15)16)4-19-10(14)5-1-2-5/h3,5,7,10H,1-2,4H2,(H,15,16). The van der Waals surface area contributed by atoms with Crippen LogP contribution in [0.2, 0.25) is 5.02 Å². The van der Waals surface area contributed by atoms with Crippen LogP contribution in [0.1, 0.15) is 12.8 Å². The van der Waals surface area contributed by atoms with Gasteiger partial charge in [-0.1, -0.05) is 11.6 Å². The van der Waals surface area contributed by atoms with Gasteiger partial charge in [-0.3, -0.25) is 4.79 Å². The number of aliphatic carboxylic acids is 1. The lowest BCUT2D eigenvalue weighted by atomic mass is 10.3. The zero-order chi connectivity index (χ0) is 15.4. The summed E-state index contributed by atoms with van der Waals surface area (Å²) in [5.74, 6) is -0.556. The monoisotopic (exact) mass is 431 g/mol. The number of thioether (sulfide) groups is 1. The number of sulfonamides is 1. The van der Waals surface area contributed by atoms with E-state index in [1.54, 1.807) is 0 Å². The normalized spacial score (nSPS) is 27.1. The fourth-order valence-electron chi connectivity index (χ4n) is 2.28. The van der Waals surface area contributed by atoms with E-state index >= 15 is 0 Å². The molecule has 3 rings (SSSR count). The molecule has 0 amide bonds. The van der Waals surface area contributed by atoms with Crippen LogP contribution in [0.4, 0.5) is 0 Å². The van der Waals surface area contributed by atoms with Crippen LogP contribution >= 0.6 is 50.6 Å². The van der Waals surface area contributed by atoms with Crippen molar-refractivity contribution in [3.05, 3.63) is 14.9 Å². The number of thiophene rings is 1. The Morgan fingerprint density at radius 2 is 2.14 bits per heavy atom. The Morgan fingerprint density at radius 3 is 2.62 bits per heavy atom. The number of halogens is 2. The summed E-state index contributed by atoms with van der Waals surface area (Å²) in [5, 5.41) is 9.36. The van der Waals surface area contributed by atoms with Crippen LogP contribution in [-0.4, -0.2) is 41.0 Å². The molecule has 1 N–H and O–H groups in total. The number of carboxylic acid groups (broad SMARTS) is 1. The maximum atomic E-state index is 12.8. The van der Waals surface area contributed by atoms with Crippen molar-refractivity contribution >= 4 is 66.6 Å². The van der Waals surface area contributed by atoms with Crippen LogP contribution in [-0.2, 0) is 14.8 Å². The molecule has 0 spiro atoms. The van der Waals surface area contributed by atoms with Gasteiger partial charge >= 0.3 is 5.97 Å². The quantitative estimate of drug-likeness (QED) is 0.791. The fraction of sp³-hybridized carbons (Fsp3) is 0.545. The van der Waals surface area contributed by atoms with Crippen molar-refractivity contribution in [1.29, 1.82) is 0 Å². The van der Waals surface area contributed by atoms with E-state index in [0.717, 1.165) is 24.2 Å². The van der Waals surface area contributed by atoms with Crippen molar-refractivity contribution in [3.8, 4) is 0 Å². The molecule has 2 aliphatic rings. The lowest BCUT2D eigenvalue weighted by Crippen LogP contribution is -2.45. The van der Waals surface area contributed by atoms with E-state index in [-0.39, 0.29) is 21.3 Å². The predicted octanol–water partition coefficient (Wildman–Crippen LogP) is 3.09. The largest absolute Gasteiger partial charge is 0.480 e. The molecule has 2 heterocycles. The highest BCUT2D eigenvalue weighted by molar-refractivity contribution is 9.11. The third-order valence-corrected chi connectivity index (χ3v) is 9.86. The molecule has 1 aromatic rings. The summed E-state index contributed by atoms with van der Waals surface area (Å²) in [7, 11) is -3.85. The van der Waals surface area contributed by atoms with Crippen LogP contribution < -0.4 is 0 Å². The summed E-state index contributed by atoms with van der Waals surface area (Å²) in [4.78, 5) is 11.4. The topological polar surface area (TPSA) is 74.7 Å². The van der Waals surface area contributed by atoms with Gasteiger partial charge in [0.1, 0.15) is 10.3 Å². The summed E-state index contributed by atoms with van der Waals surface area (Å²) < 4.78 is 27.5. The van der Waals surface area contributed by atoms with Gasteiger partial charge in [-0.2, -0.15) is 4.31 Å². The Morgan fingerprint density at radius 1 is 1.48 bits per heavy atom. The fourth-order valence-corrected chi connectivity index (χ4v) is 8.59. The number of rotatable bonds is 4. The molecule has 1 aliphatic heterocycles. The van der Waals surface area contributed by atoms with Gasteiger partial charge in [0, 0.05) is 5.75 Å². The van der Waals surface area contributed by atoms with Crippen molar-refractivity contribution in [2.45, 2.75) is 28.5 Å². The third-order valence-electron chi connectivity index (χ3n) is 3.45. The zero-order valence-corrected chi connectivity index (χ0v) is 15.3. The molecular weight excluding hydrogens is 422 g/mol. The van der Waals surface area contributed by atoms with Crippen LogP contribution in [0.5, 0.6) is 0 Å². The van der Waals surface area contributed by atoms with E-state index in [1.165, 1.54) is 22.1 Å². The Labute approximate surface area is 143 Å². The SMILES string of the molecule is O=C(O)C1CSC(C2CC2)N1S(=O)(=O)c1cc(Cl)c(Br)s1. The molecule has 0 bridgehead atoms. The van der Waals surface area contributed by atoms with Gasteiger partial charge in [-0.25, -0.2) is 8.42 Å². The van der Waals surface area contributed by atoms with Crippen molar-refractivity contribution in [2.75, 3.05) is 5.75 Å². The zero-order valence-electron chi connectivity index (χ0n) is 10.5. The van der Waals surface area contributed by atoms with Crippen LogP contribution in [0.15, 0.2) is 14.1 Å². The smallest absolute Gasteiger partial charge is 0.322 e. The minimum Gasteiger partial charge on any atom is -0.480 e. The predicted molar refractivity (Wildman–Crippen MR) is 86.4 cm³/mol. The van der Waals surface area contributed by atoms with E-state index in [0.29, 0.717) is 8.81 Å². The minimum absolute atomic E-state index is 0.0822. The number of hydrogen-bond acceptors (Lipinski definition) is 5. The lowest BCUT2D eigenvalue weighted by molar-refractivity contribution is -0.140. The van der Waals surface area contributed by atoms with Gasteiger partial charge < -0.3 is 5.11 Å². The first-order chi connectivity index (χ1) is 9.82. The van der Waals surface area contributed by atoms with Crippen LogP contribution in [0.3, 0.4) is 0 Å². The average Bonchev–Trinajstić information content (AvgIpc) is 3.04. The molecule has 0 aromatic carbocycles. The molecule has 1 saturated carbocycles. The molecule has 1 saturated heterocycles. The first-order valence-corrected chi connectivity index (χ1v) is 10.6. The molecule has 21 heavy (non-hydrogen) atoms. The van der Waals surface area contributed by atoms with Crippen molar-refractivity contribution < 1.29 is 18.3 Å². The molecule has 1 aliphatic carbocycles. The minimum atomic E-state index is -3.85. The molecule has 0 radical (unpaired) electrons. The molecule has 2 unspecified atom stereocenters. The Kier molecular flexibility index (Phi) is 4.35. The van der Waals surface area contributed by atoms with E-state index in [1.807, 2.05) is 0 Å². The summed E-state index contributed by atoms with van der Waals surface area (Å²) in [6, 6.07) is 0.363. The Balaban J connectivity index is 2.02. The molecule has 2 fully saturated rings. The Bertz CT molecular complexity index is 668. The van der Waals surface area contributed by atoms with Gasteiger partial charge in [0.25, 0.3) is 10.0 Å². The number of nitrogens with zero attached hydrogens (tertiary/aromatic N) is 1. The second kappa shape index (κ2) is 5.68. The van der Waals surface area contributed by atoms with Crippen molar-refractivity contribution in [3.63, 3.8) is 0 Å². The first kappa shape index (κ1) is 16.1. The van der Waals surface area contributed by atoms with Gasteiger partial charge in [0.2, 0.25) is 0 Å². The van der Waals surface area contributed by atoms with E-state index in [9.17, 15) is 18.3 Å². The van der Waals surface area contributed by atoms with Crippen molar-refractivity contribution in [1.82, 2.24) is 4.31 Å². The molecule has 116 valence electrons. The van der Waals surface area contributed by atoms with Gasteiger partial charge in [0.15, 0.2) is 0 Å². The van der Waals surface area contributed by atoms with Gasteiger partial charge in [-0.15, -0.1) is 23.1 Å². The number of carboxylic acids is 1. The third kappa shape index (κ3) is 2.88. The van der Waals surface area contributed by atoms with Crippen LogP contribution in [0, 0.1) is 5.92 Å². The van der Waals surface area contributed by atoms with E-state index < -0.39 is 22.0 Å². The number of carbonyl (C=O) groups is 1. The molecular formula is C11H11BrClNO4S3. The lowest BCUT2D eigenvalue weighted by Gasteiger charge is -2.25. The number of hydrogen-bond donors (Lipinski definition) is 1. The highest BCUT2D eigenvalue weighted by atomic mass is 79.9. The summed E-state index contributed by atoms with van der Waals surface area (Å²) in [5.41, 5.74) is 0. The van der Waals surface area contributed by atoms with Gasteiger partial charge in [-0.05, 0) is 40.8 Å².